The van der Waals surface area contributed by atoms with Crippen molar-refractivity contribution in [3.63, 3.8) is 0 Å². The predicted molar refractivity (Wildman–Crippen MR) is 69.9 cm³/mol. The highest BCUT2D eigenvalue weighted by atomic mass is 32.2. The van der Waals surface area contributed by atoms with Crippen LogP contribution in [0, 0.1) is 0 Å². The highest BCUT2D eigenvalue weighted by molar-refractivity contribution is 8.00. The van der Waals surface area contributed by atoms with E-state index in [9.17, 15) is 0 Å². The number of hydrogen-bond acceptors (Lipinski definition) is 4. The smallest absolute Gasteiger partial charge is 0.0702 e. The first-order valence-electron chi connectivity index (χ1n) is 6.33. The van der Waals surface area contributed by atoms with Gasteiger partial charge in [-0.05, 0) is 32.1 Å². The van der Waals surface area contributed by atoms with Gasteiger partial charge in [-0.3, -0.25) is 4.90 Å². The Morgan fingerprint density at radius 2 is 2.38 bits per heavy atom. The van der Waals surface area contributed by atoms with E-state index in [0.29, 0.717) is 11.4 Å². The third kappa shape index (κ3) is 2.26. The fourth-order valence-electron chi connectivity index (χ4n) is 2.97. The zero-order valence-electron chi connectivity index (χ0n) is 10.4. The summed E-state index contributed by atoms with van der Waals surface area (Å²) in [6, 6.07) is 0. The van der Waals surface area contributed by atoms with Crippen molar-refractivity contribution < 1.29 is 4.74 Å². The van der Waals surface area contributed by atoms with Crippen LogP contribution in [0.25, 0.3) is 0 Å². The maximum atomic E-state index is 6.04. The third-order valence-corrected chi connectivity index (χ3v) is 5.65. The second-order valence-corrected chi connectivity index (χ2v) is 6.53. The normalized spacial score (nSPS) is 39.8. The van der Waals surface area contributed by atoms with E-state index in [0.717, 1.165) is 19.7 Å². The van der Waals surface area contributed by atoms with Gasteiger partial charge in [-0.1, -0.05) is 6.92 Å². The zero-order valence-corrected chi connectivity index (χ0v) is 11.3. The van der Waals surface area contributed by atoms with Crippen molar-refractivity contribution in [3.8, 4) is 0 Å². The first-order valence-corrected chi connectivity index (χ1v) is 7.38. The molecule has 3 nitrogen and oxygen atoms in total. The van der Waals surface area contributed by atoms with Crippen LogP contribution in [0.15, 0.2) is 0 Å². The summed E-state index contributed by atoms with van der Waals surface area (Å²) in [6.45, 7) is 5.07. The van der Waals surface area contributed by atoms with Gasteiger partial charge in [-0.25, -0.2) is 0 Å². The Morgan fingerprint density at radius 3 is 2.88 bits per heavy atom. The van der Waals surface area contributed by atoms with Crippen LogP contribution in [0.5, 0.6) is 0 Å². The summed E-state index contributed by atoms with van der Waals surface area (Å²) in [5, 5.41) is 0.643. The summed E-state index contributed by atoms with van der Waals surface area (Å²) >= 11 is 2.05. The summed E-state index contributed by atoms with van der Waals surface area (Å²) in [4.78, 5) is 2.47. The number of thioether (sulfide) groups is 1. The summed E-state index contributed by atoms with van der Waals surface area (Å²) in [7, 11) is 2.22. The maximum Gasteiger partial charge on any atom is 0.0702 e. The van der Waals surface area contributed by atoms with Gasteiger partial charge < -0.3 is 10.5 Å². The molecule has 2 rings (SSSR count). The Labute approximate surface area is 103 Å². The SMILES string of the molecule is CC1SCCC1(CN)N(C)CC1CCCO1. The second-order valence-electron chi connectivity index (χ2n) is 5.09. The van der Waals surface area contributed by atoms with Gasteiger partial charge in [0.25, 0.3) is 0 Å². The lowest BCUT2D eigenvalue weighted by molar-refractivity contribution is 0.0386. The molecular weight excluding hydrogens is 220 g/mol. The molecular formula is C12H24N2OS. The molecule has 0 saturated carbocycles. The van der Waals surface area contributed by atoms with Crippen LogP contribution in [-0.2, 0) is 4.74 Å². The quantitative estimate of drug-likeness (QED) is 0.809. The van der Waals surface area contributed by atoms with Crippen LogP contribution >= 0.6 is 11.8 Å². The lowest BCUT2D eigenvalue weighted by Crippen LogP contribution is -2.57. The molecule has 0 radical (unpaired) electrons. The molecule has 0 aromatic heterocycles. The minimum absolute atomic E-state index is 0.205. The third-order valence-electron chi connectivity index (χ3n) is 4.27. The first kappa shape index (κ1) is 12.7. The molecule has 4 heteroatoms. The highest BCUT2D eigenvalue weighted by Crippen LogP contribution is 2.39. The molecule has 3 unspecified atom stereocenters. The Morgan fingerprint density at radius 1 is 1.56 bits per heavy atom. The van der Waals surface area contributed by atoms with Crippen molar-refractivity contribution in [2.45, 2.75) is 43.1 Å². The molecule has 0 aromatic carbocycles. The lowest BCUT2D eigenvalue weighted by Gasteiger charge is -2.42. The average Bonchev–Trinajstić information content (AvgIpc) is 2.88. The highest BCUT2D eigenvalue weighted by Gasteiger charge is 2.43. The van der Waals surface area contributed by atoms with E-state index < -0.39 is 0 Å². The van der Waals surface area contributed by atoms with Crippen molar-refractivity contribution in [3.05, 3.63) is 0 Å². The molecule has 2 N–H and O–H groups in total. The largest absolute Gasteiger partial charge is 0.377 e. The number of ether oxygens (including phenoxy) is 1. The minimum atomic E-state index is 0.205. The zero-order chi connectivity index (χ0) is 11.6. The summed E-state index contributed by atoms with van der Waals surface area (Å²) < 4.78 is 5.72. The maximum absolute atomic E-state index is 6.04. The molecule has 2 aliphatic heterocycles. The van der Waals surface area contributed by atoms with Crippen LogP contribution in [0.2, 0.25) is 0 Å². The molecule has 0 aliphatic carbocycles. The van der Waals surface area contributed by atoms with Gasteiger partial charge in [-0.2, -0.15) is 11.8 Å². The molecule has 0 aromatic rings. The van der Waals surface area contributed by atoms with Gasteiger partial charge >= 0.3 is 0 Å². The van der Waals surface area contributed by atoms with Crippen molar-refractivity contribution in [1.29, 1.82) is 0 Å². The van der Waals surface area contributed by atoms with E-state index >= 15 is 0 Å². The fraction of sp³-hybridized carbons (Fsp3) is 1.00. The van der Waals surface area contributed by atoms with Crippen LogP contribution in [0.3, 0.4) is 0 Å². The van der Waals surface area contributed by atoms with Crippen molar-refractivity contribution >= 4 is 11.8 Å². The molecule has 0 spiro atoms. The fourth-order valence-corrected chi connectivity index (χ4v) is 4.50. The summed E-state index contributed by atoms with van der Waals surface area (Å²) in [5.74, 6) is 1.24. The van der Waals surface area contributed by atoms with Gasteiger partial charge in [0, 0.05) is 30.5 Å². The Kier molecular flexibility index (Phi) is 4.16. The first-order chi connectivity index (χ1) is 7.69. The monoisotopic (exact) mass is 244 g/mol. The van der Waals surface area contributed by atoms with Crippen molar-refractivity contribution in [2.24, 2.45) is 5.73 Å². The van der Waals surface area contributed by atoms with Crippen LogP contribution in [0.4, 0.5) is 0 Å². The number of nitrogens with two attached hydrogens (primary N) is 1. The molecule has 3 atom stereocenters. The number of likely N-dealkylation sites (N-methyl/N-ethyl adjacent to an activating group) is 1. The minimum Gasteiger partial charge on any atom is -0.377 e. The number of hydrogen-bond donors (Lipinski definition) is 1. The van der Waals surface area contributed by atoms with Gasteiger partial charge in [0.1, 0.15) is 0 Å². The average molecular weight is 244 g/mol. The van der Waals surface area contributed by atoms with Crippen molar-refractivity contribution in [2.75, 3.05) is 32.5 Å². The molecule has 0 bridgehead atoms. The summed E-state index contributed by atoms with van der Waals surface area (Å²) in [6.07, 6.45) is 4.09. The van der Waals surface area contributed by atoms with Crippen LogP contribution < -0.4 is 5.73 Å². The van der Waals surface area contributed by atoms with Gasteiger partial charge in [-0.15, -0.1) is 0 Å². The van der Waals surface area contributed by atoms with E-state index in [1.165, 1.54) is 25.0 Å². The van der Waals surface area contributed by atoms with Gasteiger partial charge in [0.2, 0.25) is 0 Å². The van der Waals surface area contributed by atoms with E-state index in [2.05, 4.69) is 30.6 Å². The van der Waals surface area contributed by atoms with Crippen LogP contribution in [-0.4, -0.2) is 54.3 Å². The Balaban J connectivity index is 1.97. The van der Waals surface area contributed by atoms with Gasteiger partial charge in [0.15, 0.2) is 0 Å². The van der Waals surface area contributed by atoms with E-state index in [4.69, 9.17) is 10.5 Å². The number of nitrogens with zero attached hydrogens (tertiary/aromatic N) is 1. The molecule has 16 heavy (non-hydrogen) atoms. The van der Waals surface area contributed by atoms with E-state index in [1.807, 2.05) is 0 Å². The summed E-state index contributed by atoms with van der Waals surface area (Å²) in [5.41, 5.74) is 6.24. The predicted octanol–water partition coefficient (Wildman–Crippen LogP) is 1.32. The topological polar surface area (TPSA) is 38.5 Å². The second kappa shape index (κ2) is 5.25. The molecule has 2 fully saturated rings. The van der Waals surface area contributed by atoms with Crippen molar-refractivity contribution in [1.82, 2.24) is 4.90 Å². The van der Waals surface area contributed by atoms with Crippen LogP contribution in [0.1, 0.15) is 26.2 Å². The lowest BCUT2D eigenvalue weighted by atomic mass is 9.90. The Hall–Kier alpha value is 0.230. The molecule has 2 aliphatic rings. The van der Waals surface area contributed by atoms with Gasteiger partial charge in [0.05, 0.1) is 6.10 Å². The standard InChI is InChI=1S/C12H24N2OS/c1-10-12(9-13,5-7-16-10)14(2)8-11-4-3-6-15-11/h10-11H,3-9,13H2,1-2H3. The molecule has 94 valence electrons. The Bertz CT molecular complexity index is 233. The van der Waals surface area contributed by atoms with E-state index in [1.54, 1.807) is 0 Å². The molecule has 0 amide bonds. The number of rotatable bonds is 4. The van der Waals surface area contributed by atoms with E-state index in [-0.39, 0.29) is 5.54 Å². The molecule has 2 heterocycles. The molecule has 2 saturated heterocycles.